The van der Waals surface area contributed by atoms with Gasteiger partial charge in [-0.1, -0.05) is 0 Å². The number of aliphatic carboxylic acids is 1. The third-order valence-electron chi connectivity index (χ3n) is 2.52. The molecule has 0 atom stereocenters. The van der Waals surface area contributed by atoms with E-state index >= 15 is 0 Å². The minimum absolute atomic E-state index is 0.225. The number of nitrogens with zero attached hydrogens (tertiary/aromatic N) is 1. The normalized spacial score (nSPS) is 14.9. The zero-order valence-corrected chi connectivity index (χ0v) is 9.91. The van der Waals surface area contributed by atoms with Crippen molar-refractivity contribution >= 4 is 12.0 Å². The molecular formula is C13H15NO4. The van der Waals surface area contributed by atoms with E-state index in [9.17, 15) is 4.79 Å². The number of pyridine rings is 1. The molecule has 1 aromatic rings. The summed E-state index contributed by atoms with van der Waals surface area (Å²) in [7, 11) is 0. The van der Waals surface area contributed by atoms with E-state index in [0.717, 1.165) is 18.6 Å². The Morgan fingerprint density at radius 1 is 1.50 bits per heavy atom. The van der Waals surface area contributed by atoms with Crippen LogP contribution in [0.5, 0.6) is 5.75 Å². The first-order valence-corrected chi connectivity index (χ1v) is 5.81. The summed E-state index contributed by atoms with van der Waals surface area (Å²) in [6.45, 7) is 0.982. The number of carbonyl (C=O) groups is 1. The number of hydrogen-bond acceptors (Lipinski definition) is 4. The number of hydrogen-bond donors (Lipinski definition) is 1. The third kappa shape index (κ3) is 4.55. The van der Waals surface area contributed by atoms with Crippen molar-refractivity contribution in [3.8, 4) is 5.75 Å². The molecule has 5 heteroatoms. The minimum Gasteiger partial charge on any atom is -0.478 e. The van der Waals surface area contributed by atoms with E-state index in [0.29, 0.717) is 11.4 Å². The Morgan fingerprint density at radius 3 is 2.94 bits per heavy atom. The largest absolute Gasteiger partial charge is 0.478 e. The Labute approximate surface area is 105 Å². The fraction of sp³-hybridized carbons (Fsp3) is 0.385. The van der Waals surface area contributed by atoms with E-state index in [1.165, 1.54) is 18.9 Å². The summed E-state index contributed by atoms with van der Waals surface area (Å²) >= 11 is 0. The summed E-state index contributed by atoms with van der Waals surface area (Å²) in [6, 6.07) is 3.42. The maximum atomic E-state index is 10.3. The van der Waals surface area contributed by atoms with Gasteiger partial charge in [0, 0.05) is 6.08 Å². The standard InChI is InChI=1S/C13H15NO4/c15-13(16)6-4-11-3-5-12(7-14-11)18-9-17-8-10-1-2-10/h3-7,10H,1-2,8-9H2,(H,15,16)/b6-4+. The second-order valence-electron chi connectivity index (χ2n) is 4.17. The van der Waals surface area contributed by atoms with E-state index in [1.54, 1.807) is 18.3 Å². The lowest BCUT2D eigenvalue weighted by Gasteiger charge is -2.06. The van der Waals surface area contributed by atoms with Crippen molar-refractivity contribution in [1.82, 2.24) is 4.98 Å². The van der Waals surface area contributed by atoms with Crippen LogP contribution in [-0.2, 0) is 9.53 Å². The molecule has 1 N–H and O–H groups in total. The molecule has 0 spiro atoms. The fourth-order valence-electron chi connectivity index (χ4n) is 1.34. The SMILES string of the molecule is O=C(O)/C=C/c1ccc(OCOCC2CC2)cn1. The van der Waals surface area contributed by atoms with Crippen LogP contribution in [0.3, 0.4) is 0 Å². The zero-order valence-electron chi connectivity index (χ0n) is 9.91. The van der Waals surface area contributed by atoms with Crippen molar-refractivity contribution in [3.05, 3.63) is 30.1 Å². The fourth-order valence-corrected chi connectivity index (χ4v) is 1.34. The van der Waals surface area contributed by atoms with E-state index in [-0.39, 0.29) is 6.79 Å². The summed E-state index contributed by atoms with van der Waals surface area (Å²) in [4.78, 5) is 14.4. The van der Waals surface area contributed by atoms with Gasteiger partial charge in [0.15, 0.2) is 6.79 Å². The predicted molar refractivity (Wildman–Crippen MR) is 65.1 cm³/mol. The van der Waals surface area contributed by atoms with Crippen molar-refractivity contribution in [2.75, 3.05) is 13.4 Å². The van der Waals surface area contributed by atoms with Crippen molar-refractivity contribution < 1.29 is 19.4 Å². The molecule has 96 valence electrons. The van der Waals surface area contributed by atoms with Crippen LogP contribution in [0.25, 0.3) is 6.08 Å². The highest BCUT2D eigenvalue weighted by Gasteiger charge is 2.20. The van der Waals surface area contributed by atoms with Crippen LogP contribution in [0.15, 0.2) is 24.4 Å². The lowest BCUT2D eigenvalue weighted by Crippen LogP contribution is -2.05. The Hall–Kier alpha value is -1.88. The maximum absolute atomic E-state index is 10.3. The quantitative estimate of drug-likeness (QED) is 0.454. The Bertz CT molecular complexity index is 423. The van der Waals surface area contributed by atoms with Gasteiger partial charge in [0.05, 0.1) is 18.5 Å². The molecule has 1 aliphatic rings. The molecule has 1 saturated carbocycles. The number of ether oxygens (including phenoxy) is 2. The van der Waals surface area contributed by atoms with Gasteiger partial charge in [0.1, 0.15) is 5.75 Å². The maximum Gasteiger partial charge on any atom is 0.328 e. The summed E-state index contributed by atoms with van der Waals surface area (Å²) in [6.07, 6.45) is 6.53. The first-order valence-electron chi connectivity index (χ1n) is 5.81. The van der Waals surface area contributed by atoms with Gasteiger partial charge in [0.2, 0.25) is 0 Å². The van der Waals surface area contributed by atoms with Crippen molar-refractivity contribution in [2.24, 2.45) is 5.92 Å². The first-order chi connectivity index (χ1) is 8.74. The van der Waals surface area contributed by atoms with Crippen LogP contribution in [-0.4, -0.2) is 29.5 Å². The van der Waals surface area contributed by atoms with E-state index in [4.69, 9.17) is 14.6 Å². The molecule has 0 bridgehead atoms. The van der Waals surface area contributed by atoms with Crippen molar-refractivity contribution in [1.29, 1.82) is 0 Å². The third-order valence-corrected chi connectivity index (χ3v) is 2.52. The molecule has 0 aliphatic heterocycles. The van der Waals surface area contributed by atoms with Gasteiger partial charge in [-0.3, -0.25) is 4.98 Å². The average molecular weight is 249 g/mol. The average Bonchev–Trinajstić information content (AvgIpc) is 3.17. The molecule has 1 heterocycles. The molecule has 18 heavy (non-hydrogen) atoms. The second kappa shape index (κ2) is 6.16. The van der Waals surface area contributed by atoms with Gasteiger partial charge in [-0.15, -0.1) is 0 Å². The number of carboxylic acids is 1. The zero-order chi connectivity index (χ0) is 12.8. The van der Waals surface area contributed by atoms with Gasteiger partial charge in [0.25, 0.3) is 0 Å². The topological polar surface area (TPSA) is 68.7 Å². The molecule has 1 aliphatic carbocycles. The smallest absolute Gasteiger partial charge is 0.328 e. The van der Waals surface area contributed by atoms with Gasteiger partial charge in [-0.05, 0) is 37.0 Å². The molecule has 2 rings (SSSR count). The summed E-state index contributed by atoms with van der Waals surface area (Å²) in [5, 5.41) is 8.47. The lowest BCUT2D eigenvalue weighted by molar-refractivity contribution is -0.131. The second-order valence-corrected chi connectivity index (χ2v) is 4.17. The molecular weight excluding hydrogens is 234 g/mol. The van der Waals surface area contributed by atoms with Gasteiger partial charge in [-0.2, -0.15) is 0 Å². The lowest BCUT2D eigenvalue weighted by atomic mass is 10.3. The van der Waals surface area contributed by atoms with Crippen LogP contribution in [0.4, 0.5) is 0 Å². The van der Waals surface area contributed by atoms with Crippen LogP contribution in [0.2, 0.25) is 0 Å². The Morgan fingerprint density at radius 2 is 2.33 bits per heavy atom. The highest BCUT2D eigenvalue weighted by molar-refractivity contribution is 5.84. The molecule has 1 aromatic heterocycles. The summed E-state index contributed by atoms with van der Waals surface area (Å²) in [5.41, 5.74) is 0.573. The monoisotopic (exact) mass is 249 g/mol. The van der Waals surface area contributed by atoms with Crippen molar-refractivity contribution in [2.45, 2.75) is 12.8 Å². The molecule has 0 unspecified atom stereocenters. The summed E-state index contributed by atoms with van der Waals surface area (Å²) in [5.74, 6) is 0.333. The number of carboxylic acid groups (broad SMARTS) is 1. The molecule has 0 aromatic carbocycles. The molecule has 1 fully saturated rings. The van der Waals surface area contributed by atoms with E-state index < -0.39 is 5.97 Å². The predicted octanol–water partition coefficient (Wildman–Crippen LogP) is 1.94. The molecule has 5 nitrogen and oxygen atoms in total. The van der Waals surface area contributed by atoms with E-state index in [1.807, 2.05) is 0 Å². The number of rotatable bonds is 7. The molecule has 0 amide bonds. The highest BCUT2D eigenvalue weighted by atomic mass is 16.7. The van der Waals surface area contributed by atoms with E-state index in [2.05, 4.69) is 4.98 Å². The minimum atomic E-state index is -0.995. The van der Waals surface area contributed by atoms with Gasteiger partial charge < -0.3 is 14.6 Å². The molecule has 0 saturated heterocycles. The Kier molecular flexibility index (Phi) is 4.30. The van der Waals surface area contributed by atoms with Crippen LogP contribution in [0.1, 0.15) is 18.5 Å². The highest BCUT2D eigenvalue weighted by Crippen LogP contribution is 2.28. The van der Waals surface area contributed by atoms with Crippen LogP contribution >= 0.6 is 0 Å². The summed E-state index contributed by atoms with van der Waals surface area (Å²) < 4.78 is 10.7. The van der Waals surface area contributed by atoms with Crippen LogP contribution < -0.4 is 4.74 Å². The van der Waals surface area contributed by atoms with Gasteiger partial charge in [-0.25, -0.2) is 4.79 Å². The van der Waals surface area contributed by atoms with Gasteiger partial charge >= 0.3 is 5.97 Å². The molecule has 0 radical (unpaired) electrons. The van der Waals surface area contributed by atoms with Crippen molar-refractivity contribution in [3.63, 3.8) is 0 Å². The number of aromatic nitrogens is 1. The Balaban J connectivity index is 1.73. The first kappa shape index (κ1) is 12.6. The van der Waals surface area contributed by atoms with Crippen LogP contribution in [0, 0.1) is 5.92 Å².